The highest BCUT2D eigenvalue weighted by Gasteiger charge is 2.15. The first-order chi connectivity index (χ1) is 18.8. The standard InChI is InChI=1S/C31H40N8/c1-18(2)20(5)32-15-28-34-13-26(38-28)23-9-7-22(8-10-23)24-11-12-25(31-30(24)36-17-37-31)27-14-35-29(39-27)16-33-21(6)19(3)4/h7-14,17-21,32-33H,15-16H2,1-6H3,(H,34,38)(H,35,39)(H,36,37)/t20?,21-/m1/s1. The largest absolute Gasteiger partial charge is 0.344 e. The zero-order valence-electron chi connectivity index (χ0n) is 23.8. The lowest BCUT2D eigenvalue weighted by Crippen LogP contribution is -2.30. The van der Waals surface area contributed by atoms with Crippen molar-refractivity contribution in [2.45, 2.75) is 66.7 Å². The maximum atomic E-state index is 4.66. The Morgan fingerprint density at radius 3 is 1.79 bits per heavy atom. The number of hydrogen-bond donors (Lipinski definition) is 5. The van der Waals surface area contributed by atoms with Gasteiger partial charge in [0.1, 0.15) is 11.6 Å². The zero-order valence-corrected chi connectivity index (χ0v) is 23.8. The third-order valence-corrected chi connectivity index (χ3v) is 7.82. The SMILES string of the molecule is CC(C)C(C)NCc1ncc(-c2ccc(-c3ccc(-c4cnc(CN[C@H](C)C(C)C)[nH]4)c4nc[nH]c34)cc2)[nH]1. The summed E-state index contributed by atoms with van der Waals surface area (Å²) in [6.07, 6.45) is 5.56. The summed E-state index contributed by atoms with van der Waals surface area (Å²) in [5.41, 5.74) is 8.31. The van der Waals surface area contributed by atoms with Crippen LogP contribution < -0.4 is 10.6 Å². The third kappa shape index (κ3) is 5.97. The molecule has 3 heterocycles. The molecule has 0 saturated carbocycles. The van der Waals surface area contributed by atoms with E-state index in [-0.39, 0.29) is 0 Å². The maximum Gasteiger partial charge on any atom is 0.120 e. The van der Waals surface area contributed by atoms with Crippen LogP contribution in [0.3, 0.4) is 0 Å². The molecule has 8 heteroatoms. The molecule has 0 spiro atoms. The van der Waals surface area contributed by atoms with Crippen molar-refractivity contribution in [3.8, 4) is 33.6 Å². The van der Waals surface area contributed by atoms with E-state index in [9.17, 15) is 0 Å². The highest BCUT2D eigenvalue weighted by atomic mass is 15.0. The van der Waals surface area contributed by atoms with Crippen LogP contribution in [0, 0.1) is 11.8 Å². The Morgan fingerprint density at radius 1 is 0.641 bits per heavy atom. The number of fused-ring (bicyclic) bond motifs is 1. The fraction of sp³-hybridized carbons (Fsp3) is 0.387. The molecule has 0 amide bonds. The minimum absolute atomic E-state index is 0.424. The minimum atomic E-state index is 0.424. The Balaban J connectivity index is 1.33. The van der Waals surface area contributed by atoms with Gasteiger partial charge in [0.05, 0.1) is 54.2 Å². The van der Waals surface area contributed by atoms with Gasteiger partial charge in [0.15, 0.2) is 0 Å². The van der Waals surface area contributed by atoms with Gasteiger partial charge in [-0.15, -0.1) is 0 Å². The van der Waals surface area contributed by atoms with Gasteiger partial charge >= 0.3 is 0 Å². The molecule has 3 aromatic heterocycles. The molecule has 0 aliphatic heterocycles. The summed E-state index contributed by atoms with van der Waals surface area (Å²) in [6.45, 7) is 14.7. The van der Waals surface area contributed by atoms with Crippen molar-refractivity contribution in [3.05, 3.63) is 66.8 Å². The Morgan fingerprint density at radius 2 is 1.18 bits per heavy atom. The number of H-pyrrole nitrogens is 3. The quantitative estimate of drug-likeness (QED) is 0.140. The monoisotopic (exact) mass is 524 g/mol. The second-order valence-electron chi connectivity index (χ2n) is 11.2. The number of hydrogen-bond acceptors (Lipinski definition) is 5. The molecular weight excluding hydrogens is 484 g/mol. The molecule has 0 radical (unpaired) electrons. The smallest absolute Gasteiger partial charge is 0.120 e. The van der Waals surface area contributed by atoms with Crippen molar-refractivity contribution >= 4 is 11.0 Å². The fourth-order valence-corrected chi connectivity index (χ4v) is 4.49. The molecule has 204 valence electrons. The van der Waals surface area contributed by atoms with E-state index in [4.69, 9.17) is 0 Å². The van der Waals surface area contributed by atoms with Crippen molar-refractivity contribution in [1.29, 1.82) is 0 Å². The van der Waals surface area contributed by atoms with E-state index in [2.05, 4.69) is 118 Å². The highest BCUT2D eigenvalue weighted by molar-refractivity contribution is 6.00. The molecule has 2 aromatic carbocycles. The van der Waals surface area contributed by atoms with E-state index >= 15 is 0 Å². The number of benzene rings is 2. The molecular formula is C31H40N8. The van der Waals surface area contributed by atoms with Crippen LogP contribution in [-0.2, 0) is 13.1 Å². The van der Waals surface area contributed by atoms with E-state index in [1.54, 1.807) is 6.33 Å². The van der Waals surface area contributed by atoms with Gasteiger partial charge in [-0.1, -0.05) is 58.0 Å². The third-order valence-electron chi connectivity index (χ3n) is 7.82. The van der Waals surface area contributed by atoms with Crippen LogP contribution in [0.4, 0.5) is 0 Å². The molecule has 5 N–H and O–H groups in total. The van der Waals surface area contributed by atoms with E-state index in [1.165, 1.54) is 0 Å². The van der Waals surface area contributed by atoms with Gasteiger partial charge in [-0.2, -0.15) is 0 Å². The Kier molecular flexibility index (Phi) is 7.95. The molecule has 5 rings (SSSR count). The van der Waals surface area contributed by atoms with Crippen LogP contribution in [0.15, 0.2) is 55.1 Å². The topological polar surface area (TPSA) is 110 Å². The summed E-state index contributed by atoms with van der Waals surface area (Å²) in [5.74, 6) is 3.03. The predicted molar refractivity (Wildman–Crippen MR) is 159 cm³/mol. The zero-order chi connectivity index (χ0) is 27.5. The second kappa shape index (κ2) is 11.6. The van der Waals surface area contributed by atoms with E-state index in [0.717, 1.165) is 62.9 Å². The molecule has 0 aliphatic carbocycles. The second-order valence-corrected chi connectivity index (χ2v) is 11.2. The summed E-state index contributed by atoms with van der Waals surface area (Å²) in [6, 6.07) is 13.7. The van der Waals surface area contributed by atoms with Crippen molar-refractivity contribution in [2.24, 2.45) is 11.8 Å². The number of nitrogens with zero attached hydrogens (tertiary/aromatic N) is 3. The lowest BCUT2D eigenvalue weighted by molar-refractivity contribution is 0.422. The molecule has 8 nitrogen and oxygen atoms in total. The summed E-state index contributed by atoms with van der Waals surface area (Å²) < 4.78 is 0. The molecule has 0 saturated heterocycles. The summed E-state index contributed by atoms with van der Waals surface area (Å²) in [5, 5.41) is 7.06. The normalized spacial score (nSPS) is 13.5. The highest BCUT2D eigenvalue weighted by Crippen LogP contribution is 2.34. The number of rotatable bonds is 11. The summed E-state index contributed by atoms with van der Waals surface area (Å²) >= 11 is 0. The number of aromatic amines is 3. The molecule has 39 heavy (non-hydrogen) atoms. The van der Waals surface area contributed by atoms with Crippen LogP contribution in [0.25, 0.3) is 44.7 Å². The van der Waals surface area contributed by atoms with E-state index in [1.807, 2.05) is 12.4 Å². The maximum absolute atomic E-state index is 4.66. The van der Waals surface area contributed by atoms with Gasteiger partial charge in [-0.25, -0.2) is 15.0 Å². The average Bonchev–Trinajstić information content (AvgIpc) is 3.71. The average molecular weight is 525 g/mol. The van der Waals surface area contributed by atoms with Gasteiger partial charge in [0, 0.05) is 23.2 Å². The molecule has 5 aromatic rings. The number of aromatic nitrogens is 6. The number of imidazole rings is 3. The molecule has 0 bridgehead atoms. The first kappa shape index (κ1) is 26.8. The molecule has 0 aliphatic rings. The van der Waals surface area contributed by atoms with E-state index < -0.39 is 0 Å². The van der Waals surface area contributed by atoms with Crippen molar-refractivity contribution < 1.29 is 0 Å². The molecule has 1 unspecified atom stereocenters. The Bertz CT molecular complexity index is 1510. The lowest BCUT2D eigenvalue weighted by Gasteiger charge is -2.16. The van der Waals surface area contributed by atoms with Crippen LogP contribution in [0.5, 0.6) is 0 Å². The van der Waals surface area contributed by atoms with Crippen LogP contribution in [-0.4, -0.2) is 42.0 Å². The summed E-state index contributed by atoms with van der Waals surface area (Å²) in [4.78, 5) is 24.1. The van der Waals surface area contributed by atoms with Crippen LogP contribution in [0.1, 0.15) is 53.2 Å². The van der Waals surface area contributed by atoms with E-state index in [0.29, 0.717) is 30.5 Å². The van der Waals surface area contributed by atoms with Crippen molar-refractivity contribution in [2.75, 3.05) is 0 Å². The first-order valence-electron chi connectivity index (χ1n) is 13.9. The van der Waals surface area contributed by atoms with Gasteiger partial charge in [-0.05, 0) is 42.9 Å². The molecule has 0 fully saturated rings. The lowest BCUT2D eigenvalue weighted by atomic mass is 9.99. The van der Waals surface area contributed by atoms with Crippen molar-refractivity contribution in [3.63, 3.8) is 0 Å². The van der Waals surface area contributed by atoms with Gasteiger partial charge in [0.25, 0.3) is 0 Å². The minimum Gasteiger partial charge on any atom is -0.344 e. The predicted octanol–water partition coefficient (Wildman–Crippen LogP) is 6.28. The summed E-state index contributed by atoms with van der Waals surface area (Å²) in [7, 11) is 0. The number of nitrogens with one attached hydrogen (secondary N) is 5. The van der Waals surface area contributed by atoms with Gasteiger partial charge < -0.3 is 25.6 Å². The Hall–Kier alpha value is -3.75. The Labute approximate surface area is 230 Å². The van der Waals surface area contributed by atoms with Crippen molar-refractivity contribution in [1.82, 2.24) is 40.5 Å². The van der Waals surface area contributed by atoms with Gasteiger partial charge in [-0.3, -0.25) is 0 Å². The molecule has 2 atom stereocenters. The first-order valence-corrected chi connectivity index (χ1v) is 13.9. The van der Waals surface area contributed by atoms with Crippen LogP contribution in [0.2, 0.25) is 0 Å². The van der Waals surface area contributed by atoms with Gasteiger partial charge in [0.2, 0.25) is 0 Å². The fourth-order valence-electron chi connectivity index (χ4n) is 4.49. The van der Waals surface area contributed by atoms with Crippen LogP contribution >= 0.6 is 0 Å².